The first kappa shape index (κ1) is 18.6. The Morgan fingerprint density at radius 2 is 2.04 bits per heavy atom. The molecule has 1 fully saturated rings. The number of carbonyl (C=O) groups is 1. The molecule has 0 spiro atoms. The highest BCUT2D eigenvalue weighted by Gasteiger charge is 2.38. The Hall–Kier alpha value is -2.19. The van der Waals surface area contributed by atoms with Crippen LogP contribution in [0.5, 0.6) is 0 Å². The minimum atomic E-state index is -0.644. The van der Waals surface area contributed by atoms with Crippen LogP contribution in [0.4, 0.5) is 9.18 Å². The van der Waals surface area contributed by atoms with Gasteiger partial charge in [-0.1, -0.05) is 0 Å². The van der Waals surface area contributed by atoms with Crippen LogP contribution in [0.1, 0.15) is 45.6 Å². The van der Waals surface area contributed by atoms with Gasteiger partial charge in [0.05, 0.1) is 0 Å². The molecule has 0 aromatic heterocycles. The van der Waals surface area contributed by atoms with Gasteiger partial charge in [0.2, 0.25) is 0 Å². The first-order valence-corrected chi connectivity index (χ1v) is 8.88. The molecule has 1 heterocycles. The van der Waals surface area contributed by atoms with Crippen molar-refractivity contribution >= 4 is 11.9 Å². The van der Waals surface area contributed by atoms with Gasteiger partial charge in [-0.2, -0.15) is 5.01 Å². The fourth-order valence-corrected chi connectivity index (χ4v) is 3.23. The van der Waals surface area contributed by atoms with E-state index in [-0.39, 0.29) is 11.9 Å². The number of halogens is 1. The maximum Gasteiger partial charge on any atom is 0.432 e. The van der Waals surface area contributed by atoms with Crippen molar-refractivity contribution in [3.05, 3.63) is 35.6 Å². The average Bonchev–Trinajstić information content (AvgIpc) is 3.13. The number of amides is 1. The van der Waals surface area contributed by atoms with E-state index in [0.29, 0.717) is 23.9 Å². The molecule has 7 nitrogen and oxygen atoms in total. The second kappa shape index (κ2) is 7.20. The molecule has 0 unspecified atom stereocenters. The zero-order valence-corrected chi connectivity index (χ0v) is 15.4. The van der Waals surface area contributed by atoms with Crippen LogP contribution in [0.2, 0.25) is 0 Å². The molecule has 2 aliphatic rings. The summed E-state index contributed by atoms with van der Waals surface area (Å²) in [4.78, 5) is 12.8. The summed E-state index contributed by atoms with van der Waals surface area (Å²) in [6.45, 7) is 6.01. The Balaban J connectivity index is 1.81. The lowest BCUT2D eigenvalue weighted by molar-refractivity contribution is -0.0326. The van der Waals surface area contributed by atoms with Crippen LogP contribution in [0, 0.1) is 11.7 Å². The molecular weight excluding hydrogens is 337 g/mol. The molecular formula is C18H26FN5O2. The van der Waals surface area contributed by atoms with Gasteiger partial charge in [0.1, 0.15) is 11.4 Å². The summed E-state index contributed by atoms with van der Waals surface area (Å²) in [5.41, 5.74) is 8.87. The average molecular weight is 363 g/mol. The van der Waals surface area contributed by atoms with E-state index in [0.717, 1.165) is 19.3 Å². The topological polar surface area (TPSA) is 83.2 Å². The second-order valence-corrected chi connectivity index (χ2v) is 7.86. The summed E-state index contributed by atoms with van der Waals surface area (Å²) in [6.07, 6.45) is 2.36. The van der Waals surface area contributed by atoms with Gasteiger partial charge < -0.3 is 10.5 Å². The van der Waals surface area contributed by atoms with Crippen molar-refractivity contribution in [1.82, 2.24) is 15.7 Å². The van der Waals surface area contributed by atoms with E-state index in [1.807, 2.05) is 20.8 Å². The zero-order valence-electron chi connectivity index (χ0n) is 15.4. The molecule has 26 heavy (non-hydrogen) atoms. The van der Waals surface area contributed by atoms with Crippen LogP contribution in [0.3, 0.4) is 0 Å². The summed E-state index contributed by atoms with van der Waals surface area (Å²) in [5.74, 6) is 0.396. The van der Waals surface area contributed by atoms with E-state index in [1.165, 1.54) is 17.1 Å². The number of hydrazine groups is 2. The minimum absolute atomic E-state index is 0.204. The van der Waals surface area contributed by atoms with Crippen LogP contribution >= 0.6 is 0 Å². The van der Waals surface area contributed by atoms with Crippen LogP contribution in [-0.4, -0.2) is 40.2 Å². The van der Waals surface area contributed by atoms with Crippen molar-refractivity contribution < 1.29 is 13.9 Å². The van der Waals surface area contributed by atoms with Gasteiger partial charge in [0.25, 0.3) is 0 Å². The Morgan fingerprint density at radius 3 is 2.62 bits per heavy atom. The van der Waals surface area contributed by atoms with Crippen LogP contribution in [0.15, 0.2) is 29.4 Å². The highest BCUT2D eigenvalue weighted by atomic mass is 19.1. The zero-order chi connectivity index (χ0) is 18.9. The smallest absolute Gasteiger partial charge is 0.432 e. The van der Waals surface area contributed by atoms with Crippen molar-refractivity contribution in [3.8, 4) is 0 Å². The summed E-state index contributed by atoms with van der Waals surface area (Å²) >= 11 is 0. The molecule has 1 amide bonds. The van der Waals surface area contributed by atoms with E-state index in [2.05, 4.69) is 10.6 Å². The Kier molecular flexibility index (Phi) is 5.15. The number of amidine groups is 1. The third-order valence-electron chi connectivity index (χ3n) is 4.40. The maximum absolute atomic E-state index is 13.3. The van der Waals surface area contributed by atoms with Crippen molar-refractivity contribution in [2.75, 3.05) is 6.54 Å². The number of carbonyl (C=O) groups excluding carboxylic acids is 1. The third kappa shape index (κ3) is 4.31. The van der Waals surface area contributed by atoms with Gasteiger partial charge in [0, 0.05) is 18.2 Å². The first-order chi connectivity index (χ1) is 12.2. The van der Waals surface area contributed by atoms with Crippen LogP contribution in [-0.2, 0) is 4.74 Å². The van der Waals surface area contributed by atoms with E-state index in [1.54, 1.807) is 17.3 Å². The number of nitrogens with two attached hydrogens (primary N) is 1. The molecule has 1 saturated carbocycles. The quantitative estimate of drug-likeness (QED) is 0.862. The lowest BCUT2D eigenvalue weighted by Crippen LogP contribution is -2.52. The number of nitrogens with zero attached hydrogens (tertiary/aromatic N) is 3. The summed E-state index contributed by atoms with van der Waals surface area (Å²) < 4.78 is 18.8. The molecule has 8 heteroatoms. The van der Waals surface area contributed by atoms with Gasteiger partial charge in [-0.15, -0.1) is 10.2 Å². The predicted octanol–water partition coefficient (Wildman–Crippen LogP) is 2.59. The van der Waals surface area contributed by atoms with Gasteiger partial charge in [-0.25, -0.2) is 14.7 Å². The molecule has 2 atom stereocenters. The number of benzene rings is 1. The number of hydrogen-bond acceptors (Lipinski definition) is 6. The maximum atomic E-state index is 13.3. The normalized spacial score (nSPS) is 23.7. The van der Waals surface area contributed by atoms with Gasteiger partial charge in [0.15, 0.2) is 5.84 Å². The number of ether oxygens (including phenoxy) is 1. The standard InChI is InChI=1S/C18H26FN5O2/c1-18(2,3)26-17(25)24-16(13-5-7-14(19)8-6-13)21-22-23(24)11-12-4-9-15(20)10-12/h5-8,12,15,22H,4,9-11,20H2,1-3H3/t12-,15+/m0/s1. The number of nitrogens with one attached hydrogen (secondary N) is 1. The molecule has 0 radical (unpaired) electrons. The van der Waals surface area contributed by atoms with Crippen LogP contribution < -0.4 is 11.3 Å². The molecule has 1 aliphatic carbocycles. The van der Waals surface area contributed by atoms with Crippen molar-refractivity contribution in [1.29, 1.82) is 0 Å². The van der Waals surface area contributed by atoms with E-state index >= 15 is 0 Å². The molecule has 3 N–H and O–H groups in total. The first-order valence-electron chi connectivity index (χ1n) is 8.88. The van der Waals surface area contributed by atoms with Gasteiger partial charge in [-0.05, 0) is 70.2 Å². The largest absolute Gasteiger partial charge is 0.442 e. The molecule has 1 aliphatic heterocycles. The third-order valence-corrected chi connectivity index (χ3v) is 4.40. The number of hydrogen-bond donors (Lipinski definition) is 2. The van der Waals surface area contributed by atoms with Crippen molar-refractivity contribution in [2.24, 2.45) is 16.8 Å². The lowest BCUT2D eigenvalue weighted by atomic mass is 10.1. The predicted molar refractivity (Wildman–Crippen MR) is 96.2 cm³/mol. The SMILES string of the molecule is CC(C)(C)OC(=O)N1C(c2ccc(F)cc2)=NNN1C[C@H]1CC[C@@H](N)C1. The van der Waals surface area contributed by atoms with Crippen molar-refractivity contribution in [2.45, 2.75) is 51.7 Å². The summed E-state index contributed by atoms with van der Waals surface area (Å²) in [7, 11) is 0. The fourth-order valence-electron chi connectivity index (χ4n) is 3.23. The molecule has 1 aromatic rings. The van der Waals surface area contributed by atoms with Gasteiger partial charge >= 0.3 is 6.09 Å². The molecule has 0 bridgehead atoms. The Labute approximate surface area is 152 Å². The second-order valence-electron chi connectivity index (χ2n) is 7.86. The van der Waals surface area contributed by atoms with Crippen LogP contribution in [0.25, 0.3) is 0 Å². The summed E-state index contributed by atoms with van der Waals surface area (Å²) in [5, 5.41) is 7.30. The number of rotatable bonds is 3. The molecule has 0 saturated heterocycles. The minimum Gasteiger partial charge on any atom is -0.442 e. The summed E-state index contributed by atoms with van der Waals surface area (Å²) in [6, 6.07) is 6.05. The fraction of sp³-hybridized carbons (Fsp3) is 0.556. The highest BCUT2D eigenvalue weighted by molar-refractivity contribution is 6.06. The monoisotopic (exact) mass is 363 g/mol. The van der Waals surface area contributed by atoms with Gasteiger partial charge in [-0.3, -0.25) is 0 Å². The van der Waals surface area contributed by atoms with E-state index in [4.69, 9.17) is 10.5 Å². The molecule has 1 aromatic carbocycles. The Bertz CT molecular complexity index is 686. The van der Waals surface area contributed by atoms with Crippen molar-refractivity contribution in [3.63, 3.8) is 0 Å². The van der Waals surface area contributed by atoms with E-state index in [9.17, 15) is 9.18 Å². The van der Waals surface area contributed by atoms with E-state index < -0.39 is 11.7 Å². The Morgan fingerprint density at radius 1 is 1.35 bits per heavy atom. The lowest BCUT2D eigenvalue weighted by Gasteiger charge is -2.31. The highest BCUT2D eigenvalue weighted by Crippen LogP contribution is 2.27. The molecule has 142 valence electrons. The molecule has 3 rings (SSSR count). The number of hydrazone groups is 1.